The van der Waals surface area contributed by atoms with Crippen molar-refractivity contribution >= 4 is 0 Å². The standard InChI is InChI=1S/C13H23F2NO/c1-10(2)16-6-5-13(14,15)12(7-16)9-17-8-11-3-4-11/h10-12H,3-9H2,1-2H3. The highest BCUT2D eigenvalue weighted by molar-refractivity contribution is 4.87. The molecule has 1 unspecified atom stereocenters. The normalized spacial score (nSPS) is 29.8. The first-order valence-corrected chi connectivity index (χ1v) is 6.68. The SMILES string of the molecule is CC(C)N1CCC(F)(F)C(COCC2CC2)C1. The number of ether oxygens (including phenoxy) is 1. The molecule has 4 heteroatoms. The first kappa shape index (κ1) is 13.2. The van der Waals surface area contributed by atoms with Crippen LogP contribution in [0.15, 0.2) is 0 Å². The third kappa shape index (κ3) is 3.62. The molecule has 2 aliphatic rings. The van der Waals surface area contributed by atoms with E-state index in [2.05, 4.69) is 18.7 Å². The molecule has 0 amide bonds. The van der Waals surface area contributed by atoms with E-state index in [9.17, 15) is 8.78 Å². The van der Waals surface area contributed by atoms with Gasteiger partial charge in [-0.3, -0.25) is 0 Å². The molecule has 2 nitrogen and oxygen atoms in total. The molecule has 1 atom stereocenters. The maximum Gasteiger partial charge on any atom is 0.255 e. The molecular weight excluding hydrogens is 224 g/mol. The third-order valence-electron chi connectivity index (χ3n) is 3.88. The van der Waals surface area contributed by atoms with Crippen LogP contribution in [-0.4, -0.2) is 43.2 Å². The van der Waals surface area contributed by atoms with E-state index in [1.54, 1.807) is 0 Å². The lowest BCUT2D eigenvalue weighted by molar-refractivity contribution is -0.133. The summed E-state index contributed by atoms with van der Waals surface area (Å²) in [5.74, 6) is -2.53. The lowest BCUT2D eigenvalue weighted by Gasteiger charge is -2.40. The lowest BCUT2D eigenvalue weighted by atomic mass is 9.93. The van der Waals surface area contributed by atoms with Crippen LogP contribution in [0.25, 0.3) is 0 Å². The van der Waals surface area contributed by atoms with Gasteiger partial charge < -0.3 is 9.64 Å². The number of likely N-dealkylation sites (tertiary alicyclic amines) is 1. The Balaban J connectivity index is 1.81. The molecule has 1 saturated carbocycles. The molecule has 0 aromatic rings. The van der Waals surface area contributed by atoms with Gasteiger partial charge in [0.25, 0.3) is 5.92 Å². The minimum atomic E-state index is -2.55. The summed E-state index contributed by atoms with van der Waals surface area (Å²) in [5, 5.41) is 0. The van der Waals surface area contributed by atoms with Gasteiger partial charge in [0.1, 0.15) is 0 Å². The van der Waals surface area contributed by atoms with Gasteiger partial charge in [0.05, 0.1) is 12.5 Å². The molecule has 0 radical (unpaired) electrons. The summed E-state index contributed by atoms with van der Waals surface area (Å²) in [7, 11) is 0. The number of rotatable bonds is 5. The van der Waals surface area contributed by atoms with Crippen LogP contribution >= 0.6 is 0 Å². The molecule has 0 spiro atoms. The van der Waals surface area contributed by atoms with Crippen LogP contribution in [0.4, 0.5) is 8.78 Å². The fourth-order valence-electron chi connectivity index (χ4n) is 2.31. The molecule has 1 saturated heterocycles. The third-order valence-corrected chi connectivity index (χ3v) is 3.88. The van der Waals surface area contributed by atoms with Crippen LogP contribution in [0.5, 0.6) is 0 Å². The molecule has 0 bridgehead atoms. The highest BCUT2D eigenvalue weighted by Gasteiger charge is 2.44. The largest absolute Gasteiger partial charge is 0.381 e. The van der Waals surface area contributed by atoms with Gasteiger partial charge in [-0.1, -0.05) is 0 Å². The number of piperidine rings is 1. The maximum absolute atomic E-state index is 13.7. The zero-order valence-corrected chi connectivity index (χ0v) is 10.8. The summed E-state index contributed by atoms with van der Waals surface area (Å²) < 4.78 is 32.9. The molecule has 100 valence electrons. The van der Waals surface area contributed by atoms with Crippen LogP contribution in [-0.2, 0) is 4.74 Å². The van der Waals surface area contributed by atoms with Crippen molar-refractivity contribution in [1.29, 1.82) is 0 Å². The van der Waals surface area contributed by atoms with Crippen LogP contribution in [0.2, 0.25) is 0 Å². The van der Waals surface area contributed by atoms with E-state index in [0.717, 1.165) is 0 Å². The number of hydrogen-bond donors (Lipinski definition) is 0. The minimum absolute atomic E-state index is 0.0252. The van der Waals surface area contributed by atoms with E-state index < -0.39 is 11.8 Å². The molecule has 1 heterocycles. The zero-order chi connectivity index (χ0) is 12.5. The Kier molecular flexibility index (Phi) is 4.03. The zero-order valence-electron chi connectivity index (χ0n) is 10.8. The smallest absolute Gasteiger partial charge is 0.255 e. The monoisotopic (exact) mass is 247 g/mol. The van der Waals surface area contributed by atoms with Gasteiger partial charge in [-0.2, -0.15) is 0 Å². The summed E-state index contributed by atoms with van der Waals surface area (Å²) in [6.45, 7) is 5.98. The first-order chi connectivity index (χ1) is 7.99. The van der Waals surface area contributed by atoms with Gasteiger partial charge in [-0.15, -0.1) is 0 Å². The maximum atomic E-state index is 13.7. The molecule has 0 aromatic carbocycles. The van der Waals surface area contributed by atoms with E-state index in [1.165, 1.54) is 12.8 Å². The molecule has 17 heavy (non-hydrogen) atoms. The quantitative estimate of drug-likeness (QED) is 0.740. The number of alkyl halides is 2. The Labute approximate surface area is 102 Å². The Morgan fingerprint density at radius 3 is 2.59 bits per heavy atom. The second-order valence-electron chi connectivity index (χ2n) is 5.78. The second-order valence-corrected chi connectivity index (χ2v) is 5.78. The van der Waals surface area contributed by atoms with Gasteiger partial charge in [0.15, 0.2) is 0 Å². The Hall–Kier alpha value is -0.220. The summed E-state index contributed by atoms with van der Waals surface area (Å²) in [6.07, 6.45) is 2.39. The summed E-state index contributed by atoms with van der Waals surface area (Å²) in [6, 6.07) is 0.344. The predicted octanol–water partition coefficient (Wildman–Crippen LogP) is 2.78. The van der Waals surface area contributed by atoms with Gasteiger partial charge in [-0.05, 0) is 32.6 Å². The van der Waals surface area contributed by atoms with Crippen molar-refractivity contribution in [2.75, 3.05) is 26.3 Å². The Bertz CT molecular complexity index is 254. The Morgan fingerprint density at radius 2 is 2.00 bits per heavy atom. The fourth-order valence-corrected chi connectivity index (χ4v) is 2.31. The van der Waals surface area contributed by atoms with Crippen molar-refractivity contribution in [2.45, 2.75) is 45.1 Å². The number of hydrogen-bond acceptors (Lipinski definition) is 2. The molecule has 1 aliphatic heterocycles. The van der Waals surface area contributed by atoms with Crippen molar-refractivity contribution in [3.63, 3.8) is 0 Å². The first-order valence-electron chi connectivity index (χ1n) is 6.68. The average molecular weight is 247 g/mol. The lowest BCUT2D eigenvalue weighted by Crippen LogP contribution is -2.51. The van der Waals surface area contributed by atoms with E-state index in [1.807, 2.05) is 0 Å². The van der Waals surface area contributed by atoms with Crippen molar-refractivity contribution in [1.82, 2.24) is 4.90 Å². The van der Waals surface area contributed by atoms with Crippen molar-refractivity contribution in [2.24, 2.45) is 11.8 Å². The minimum Gasteiger partial charge on any atom is -0.381 e. The van der Waals surface area contributed by atoms with Crippen LogP contribution < -0.4 is 0 Å². The molecule has 0 N–H and O–H groups in total. The summed E-state index contributed by atoms with van der Waals surface area (Å²) >= 11 is 0. The van der Waals surface area contributed by atoms with Crippen molar-refractivity contribution < 1.29 is 13.5 Å². The van der Waals surface area contributed by atoms with E-state index >= 15 is 0 Å². The van der Waals surface area contributed by atoms with E-state index in [-0.39, 0.29) is 13.0 Å². The average Bonchev–Trinajstić information content (AvgIpc) is 3.03. The second kappa shape index (κ2) is 5.19. The van der Waals surface area contributed by atoms with Gasteiger partial charge in [-0.25, -0.2) is 8.78 Å². The van der Waals surface area contributed by atoms with Gasteiger partial charge in [0, 0.05) is 32.2 Å². The number of halogens is 2. The summed E-state index contributed by atoms with van der Waals surface area (Å²) in [5.41, 5.74) is 0. The van der Waals surface area contributed by atoms with Crippen LogP contribution in [0, 0.1) is 11.8 Å². The molecule has 2 rings (SSSR count). The Morgan fingerprint density at radius 1 is 1.29 bits per heavy atom. The van der Waals surface area contributed by atoms with E-state index in [4.69, 9.17) is 4.74 Å². The topological polar surface area (TPSA) is 12.5 Å². The molecular formula is C13H23F2NO. The predicted molar refractivity (Wildman–Crippen MR) is 63.3 cm³/mol. The fraction of sp³-hybridized carbons (Fsp3) is 1.00. The summed E-state index contributed by atoms with van der Waals surface area (Å²) in [4.78, 5) is 2.13. The van der Waals surface area contributed by atoms with Gasteiger partial charge in [0.2, 0.25) is 0 Å². The molecule has 1 aliphatic carbocycles. The van der Waals surface area contributed by atoms with Crippen LogP contribution in [0.1, 0.15) is 33.1 Å². The van der Waals surface area contributed by atoms with E-state index in [0.29, 0.717) is 31.7 Å². The highest BCUT2D eigenvalue weighted by atomic mass is 19.3. The molecule has 0 aromatic heterocycles. The van der Waals surface area contributed by atoms with Crippen molar-refractivity contribution in [3.8, 4) is 0 Å². The molecule has 2 fully saturated rings. The highest BCUT2D eigenvalue weighted by Crippen LogP contribution is 2.35. The number of nitrogens with zero attached hydrogens (tertiary/aromatic N) is 1. The van der Waals surface area contributed by atoms with Crippen molar-refractivity contribution in [3.05, 3.63) is 0 Å². The van der Waals surface area contributed by atoms with Crippen LogP contribution in [0.3, 0.4) is 0 Å². The van der Waals surface area contributed by atoms with Gasteiger partial charge >= 0.3 is 0 Å².